The van der Waals surface area contributed by atoms with Gasteiger partial charge in [0.05, 0.1) is 17.1 Å². The molecular weight excluding hydrogens is 462 g/mol. The van der Waals surface area contributed by atoms with Crippen LogP contribution in [0.3, 0.4) is 0 Å². The third kappa shape index (κ3) is 6.50. The van der Waals surface area contributed by atoms with Crippen LogP contribution in [0.2, 0.25) is 0 Å². The molecular formula is C27H37N3O4S. The summed E-state index contributed by atoms with van der Waals surface area (Å²) in [6, 6.07) is 15.2. The molecule has 2 aromatic rings. The lowest BCUT2D eigenvalue weighted by atomic mass is 10.0. The summed E-state index contributed by atoms with van der Waals surface area (Å²) in [6.07, 6.45) is 3.50. The molecule has 2 aliphatic heterocycles. The Labute approximate surface area is 209 Å². The molecule has 0 aliphatic carbocycles. The zero-order valence-electron chi connectivity index (χ0n) is 20.9. The van der Waals surface area contributed by atoms with Gasteiger partial charge in [-0.2, -0.15) is 4.31 Å². The molecule has 1 N–H and O–H groups in total. The number of hydrogen-bond donors (Lipinski definition) is 1. The van der Waals surface area contributed by atoms with Gasteiger partial charge in [-0.15, -0.1) is 0 Å². The summed E-state index contributed by atoms with van der Waals surface area (Å²) in [7, 11) is -3.70. The predicted molar refractivity (Wildman–Crippen MR) is 137 cm³/mol. The fraction of sp³-hybridized carbons (Fsp3) is 0.519. The number of likely N-dealkylation sites (tertiary alicyclic amines) is 1. The van der Waals surface area contributed by atoms with Gasteiger partial charge in [0.2, 0.25) is 10.0 Å². The number of rotatable bonds is 7. The standard InChI is InChI=1S/C27H37N3O4S/c1-20-7-4-5-14-29(20)19-24-12-10-23(11-13-24)16-28-27(31)25-8-6-9-26(15-25)35(32,33)30-17-21(2)34-22(3)18-30/h6,8-13,15,20-22H,4-5,7,14,16-19H2,1-3H3,(H,28,31). The second-order valence-electron chi connectivity index (χ2n) is 9.92. The number of carbonyl (C=O) groups is 1. The summed E-state index contributed by atoms with van der Waals surface area (Å²) >= 11 is 0. The highest BCUT2D eigenvalue weighted by Crippen LogP contribution is 2.22. The first kappa shape index (κ1) is 25.8. The molecule has 8 heteroatoms. The number of sulfonamides is 1. The number of benzene rings is 2. The molecule has 4 rings (SSSR count). The van der Waals surface area contributed by atoms with Crippen LogP contribution in [0.15, 0.2) is 53.4 Å². The summed E-state index contributed by atoms with van der Waals surface area (Å²) in [5.41, 5.74) is 2.61. The molecule has 190 valence electrons. The zero-order chi connectivity index (χ0) is 25.0. The van der Waals surface area contributed by atoms with Crippen LogP contribution in [0.5, 0.6) is 0 Å². The van der Waals surface area contributed by atoms with E-state index in [2.05, 4.69) is 29.3 Å². The molecule has 35 heavy (non-hydrogen) atoms. The molecule has 2 aromatic carbocycles. The molecule has 3 unspecified atom stereocenters. The van der Waals surface area contributed by atoms with Crippen LogP contribution in [0.25, 0.3) is 0 Å². The van der Waals surface area contributed by atoms with E-state index in [1.54, 1.807) is 18.2 Å². The van der Waals surface area contributed by atoms with Crippen molar-refractivity contribution in [1.82, 2.24) is 14.5 Å². The van der Waals surface area contributed by atoms with Gasteiger partial charge < -0.3 is 10.1 Å². The number of amides is 1. The van der Waals surface area contributed by atoms with E-state index in [1.165, 1.54) is 35.2 Å². The molecule has 0 saturated carbocycles. The van der Waals surface area contributed by atoms with Crippen molar-refractivity contribution < 1.29 is 17.9 Å². The van der Waals surface area contributed by atoms with E-state index in [0.717, 1.165) is 18.7 Å². The van der Waals surface area contributed by atoms with Gasteiger partial charge in [0.15, 0.2) is 0 Å². The van der Waals surface area contributed by atoms with Gasteiger partial charge in [0.25, 0.3) is 5.91 Å². The maximum absolute atomic E-state index is 13.2. The van der Waals surface area contributed by atoms with Crippen molar-refractivity contribution in [2.24, 2.45) is 0 Å². The number of morpholine rings is 1. The molecule has 3 atom stereocenters. The van der Waals surface area contributed by atoms with E-state index in [4.69, 9.17) is 4.74 Å². The molecule has 2 heterocycles. The Morgan fingerprint density at radius 1 is 1.00 bits per heavy atom. The lowest BCUT2D eigenvalue weighted by Crippen LogP contribution is -2.48. The van der Waals surface area contributed by atoms with Crippen LogP contribution < -0.4 is 5.32 Å². The first-order valence-electron chi connectivity index (χ1n) is 12.6. The van der Waals surface area contributed by atoms with Gasteiger partial charge >= 0.3 is 0 Å². The molecule has 0 radical (unpaired) electrons. The predicted octanol–water partition coefficient (Wildman–Crippen LogP) is 3.79. The number of hydrogen-bond acceptors (Lipinski definition) is 5. The summed E-state index contributed by atoms with van der Waals surface area (Å²) < 4.78 is 33.4. The van der Waals surface area contributed by atoms with Crippen molar-refractivity contribution in [2.45, 2.75) is 76.3 Å². The van der Waals surface area contributed by atoms with Crippen molar-refractivity contribution in [3.8, 4) is 0 Å². The highest BCUT2D eigenvalue weighted by atomic mass is 32.2. The van der Waals surface area contributed by atoms with Crippen molar-refractivity contribution in [3.63, 3.8) is 0 Å². The quantitative estimate of drug-likeness (QED) is 0.627. The monoisotopic (exact) mass is 499 g/mol. The van der Waals surface area contributed by atoms with Crippen molar-refractivity contribution in [3.05, 3.63) is 65.2 Å². The smallest absolute Gasteiger partial charge is 0.251 e. The Balaban J connectivity index is 1.36. The number of nitrogens with one attached hydrogen (secondary N) is 1. The largest absolute Gasteiger partial charge is 0.373 e. The van der Waals surface area contributed by atoms with Crippen molar-refractivity contribution in [2.75, 3.05) is 19.6 Å². The fourth-order valence-electron chi connectivity index (χ4n) is 4.95. The minimum atomic E-state index is -3.70. The first-order valence-corrected chi connectivity index (χ1v) is 14.0. The molecule has 2 fully saturated rings. The SMILES string of the molecule is CC1CN(S(=O)(=O)c2cccc(C(=O)NCc3ccc(CN4CCCCC4C)cc3)c2)CC(C)O1. The first-order chi connectivity index (χ1) is 16.7. The summed E-state index contributed by atoms with van der Waals surface area (Å²) in [5, 5.41) is 2.92. The second-order valence-corrected chi connectivity index (χ2v) is 11.9. The number of ether oxygens (including phenoxy) is 1. The van der Waals surface area contributed by atoms with Crippen LogP contribution in [0, 0.1) is 0 Å². The van der Waals surface area contributed by atoms with Crippen LogP contribution in [0.4, 0.5) is 0 Å². The van der Waals surface area contributed by atoms with Crippen LogP contribution >= 0.6 is 0 Å². The average molecular weight is 500 g/mol. The number of carbonyl (C=O) groups excluding carboxylic acids is 1. The van der Waals surface area contributed by atoms with Gasteiger partial charge in [-0.1, -0.05) is 36.8 Å². The Bertz CT molecular complexity index is 1110. The van der Waals surface area contributed by atoms with E-state index < -0.39 is 10.0 Å². The number of nitrogens with zero attached hydrogens (tertiary/aromatic N) is 2. The molecule has 7 nitrogen and oxygen atoms in total. The molecule has 2 saturated heterocycles. The Morgan fingerprint density at radius 3 is 2.37 bits per heavy atom. The third-order valence-electron chi connectivity index (χ3n) is 6.92. The summed E-state index contributed by atoms with van der Waals surface area (Å²) in [4.78, 5) is 15.5. The highest BCUT2D eigenvalue weighted by molar-refractivity contribution is 7.89. The Morgan fingerprint density at radius 2 is 1.69 bits per heavy atom. The third-order valence-corrected chi connectivity index (χ3v) is 8.75. The lowest BCUT2D eigenvalue weighted by molar-refractivity contribution is -0.0440. The van der Waals surface area contributed by atoms with Crippen LogP contribution in [-0.2, 0) is 27.8 Å². The van der Waals surface area contributed by atoms with Crippen molar-refractivity contribution >= 4 is 15.9 Å². The van der Waals surface area contributed by atoms with Crippen LogP contribution in [0.1, 0.15) is 61.5 Å². The van der Waals surface area contributed by atoms with E-state index in [1.807, 2.05) is 26.0 Å². The maximum Gasteiger partial charge on any atom is 0.251 e. The normalized spacial score (nSPS) is 24.3. The van der Waals surface area contributed by atoms with Gasteiger partial charge in [0, 0.05) is 37.8 Å². The molecule has 0 bridgehead atoms. The van der Waals surface area contributed by atoms with E-state index in [0.29, 0.717) is 31.2 Å². The fourth-order valence-corrected chi connectivity index (χ4v) is 6.58. The zero-order valence-corrected chi connectivity index (χ0v) is 21.8. The van der Waals surface area contributed by atoms with Crippen molar-refractivity contribution in [1.29, 1.82) is 0 Å². The molecule has 2 aliphatic rings. The topological polar surface area (TPSA) is 79.0 Å². The van der Waals surface area contributed by atoms with Crippen LogP contribution in [-0.4, -0.2) is 61.4 Å². The molecule has 0 spiro atoms. The molecule has 1 amide bonds. The Kier molecular flexibility index (Phi) is 8.27. The average Bonchev–Trinajstić information content (AvgIpc) is 2.84. The van der Waals surface area contributed by atoms with Gasteiger partial charge in [-0.05, 0) is 69.5 Å². The Hall–Kier alpha value is -2.26. The van der Waals surface area contributed by atoms with Gasteiger partial charge in [0.1, 0.15) is 0 Å². The summed E-state index contributed by atoms with van der Waals surface area (Å²) in [5.74, 6) is -0.294. The van der Waals surface area contributed by atoms with E-state index >= 15 is 0 Å². The number of piperidine rings is 1. The highest BCUT2D eigenvalue weighted by Gasteiger charge is 2.32. The van der Waals surface area contributed by atoms with E-state index in [-0.39, 0.29) is 23.0 Å². The lowest BCUT2D eigenvalue weighted by Gasteiger charge is -2.34. The maximum atomic E-state index is 13.2. The van der Waals surface area contributed by atoms with Gasteiger partial charge in [-0.3, -0.25) is 9.69 Å². The minimum Gasteiger partial charge on any atom is -0.373 e. The minimum absolute atomic E-state index is 0.128. The molecule has 0 aromatic heterocycles. The second kappa shape index (κ2) is 11.2. The van der Waals surface area contributed by atoms with E-state index in [9.17, 15) is 13.2 Å². The van der Waals surface area contributed by atoms with Gasteiger partial charge in [-0.25, -0.2) is 8.42 Å². The summed E-state index contributed by atoms with van der Waals surface area (Å²) in [6.45, 7) is 9.12.